The summed E-state index contributed by atoms with van der Waals surface area (Å²) in [5.41, 5.74) is 0.311. The molecule has 3 rings (SSSR count). The van der Waals surface area contributed by atoms with Crippen molar-refractivity contribution in [3.8, 4) is 0 Å². The minimum absolute atomic E-state index is 0.173. The number of amides is 2. The maximum Gasteiger partial charge on any atom is 0.288 e. The molecule has 5 nitrogen and oxygen atoms in total. The second kappa shape index (κ2) is 10.9. The van der Waals surface area contributed by atoms with Gasteiger partial charge < -0.3 is 5.32 Å². The molecule has 0 saturated carbocycles. The number of hydrogen-bond donors (Lipinski definition) is 1. The smallest absolute Gasteiger partial charge is 0.288 e. The zero-order valence-corrected chi connectivity index (χ0v) is 18.5. The van der Waals surface area contributed by atoms with Crippen LogP contribution in [0.15, 0.2) is 52.4 Å². The van der Waals surface area contributed by atoms with E-state index in [1.807, 2.05) is 6.92 Å². The van der Waals surface area contributed by atoms with Gasteiger partial charge in [0.25, 0.3) is 5.76 Å². The predicted molar refractivity (Wildman–Crippen MR) is 118 cm³/mol. The molecule has 0 bridgehead atoms. The van der Waals surface area contributed by atoms with Crippen molar-refractivity contribution in [2.24, 2.45) is 4.99 Å². The van der Waals surface area contributed by atoms with Crippen LogP contribution >= 0.6 is 23.5 Å². The molecule has 1 heterocycles. The topological polar surface area (TPSA) is 61.8 Å². The van der Waals surface area contributed by atoms with Gasteiger partial charge in [-0.2, -0.15) is 8.78 Å². The van der Waals surface area contributed by atoms with Gasteiger partial charge in [0.15, 0.2) is 5.17 Å². The maximum absolute atomic E-state index is 13.8. The highest BCUT2D eigenvalue weighted by atomic mass is 32.2. The Morgan fingerprint density at radius 2 is 1.94 bits per heavy atom. The number of benzene rings is 2. The van der Waals surface area contributed by atoms with Gasteiger partial charge in [0.2, 0.25) is 11.8 Å². The minimum atomic E-state index is -2.52. The number of amidine groups is 1. The van der Waals surface area contributed by atoms with Crippen LogP contribution in [0, 0.1) is 11.6 Å². The number of anilines is 1. The van der Waals surface area contributed by atoms with Crippen molar-refractivity contribution >= 4 is 51.9 Å². The summed E-state index contributed by atoms with van der Waals surface area (Å²) in [5, 5.41) is 2.00. The van der Waals surface area contributed by atoms with Crippen molar-refractivity contribution in [3.05, 3.63) is 54.1 Å². The second-order valence-corrected chi connectivity index (χ2v) is 8.97. The number of aliphatic imine (C=N–C) groups is 1. The predicted octanol–water partition coefficient (Wildman–Crippen LogP) is 5.65. The van der Waals surface area contributed by atoms with E-state index in [0.29, 0.717) is 46.5 Å². The number of hydrogen-bond acceptors (Lipinski definition) is 5. The number of nitrogens with one attached hydrogen (secondary N) is 1. The number of rotatable bonds is 8. The van der Waals surface area contributed by atoms with Crippen molar-refractivity contribution in [2.45, 2.75) is 35.7 Å². The van der Waals surface area contributed by atoms with Crippen molar-refractivity contribution < 1.29 is 27.2 Å². The lowest BCUT2D eigenvalue weighted by Gasteiger charge is -2.15. The van der Waals surface area contributed by atoms with Crippen LogP contribution in [0.25, 0.3) is 0 Å². The summed E-state index contributed by atoms with van der Waals surface area (Å²) < 4.78 is 51.7. The van der Waals surface area contributed by atoms with E-state index < -0.39 is 28.5 Å². The van der Waals surface area contributed by atoms with Gasteiger partial charge in [0, 0.05) is 23.9 Å². The van der Waals surface area contributed by atoms with E-state index in [4.69, 9.17) is 0 Å². The summed E-state index contributed by atoms with van der Waals surface area (Å²) in [6, 6.07) is 8.97. The molecule has 170 valence electrons. The summed E-state index contributed by atoms with van der Waals surface area (Å²) in [6.07, 6.45) is 0.443. The summed E-state index contributed by atoms with van der Waals surface area (Å²) in [4.78, 5) is 31.5. The van der Waals surface area contributed by atoms with Gasteiger partial charge in [-0.25, -0.2) is 13.8 Å². The maximum atomic E-state index is 13.8. The molecule has 1 N–H and O–H groups in total. The average Bonchev–Trinajstić information content (AvgIpc) is 3.00. The first-order valence-electron chi connectivity index (χ1n) is 9.63. The van der Waals surface area contributed by atoms with Crippen LogP contribution in [0.2, 0.25) is 0 Å². The fraction of sp³-hybridized carbons (Fsp3) is 0.286. The third kappa shape index (κ3) is 6.26. The van der Waals surface area contributed by atoms with Gasteiger partial charge >= 0.3 is 0 Å². The second-order valence-electron chi connectivity index (χ2n) is 6.74. The highest BCUT2D eigenvalue weighted by molar-refractivity contribution is 8.15. The van der Waals surface area contributed by atoms with E-state index in [-0.39, 0.29) is 18.0 Å². The number of nitrogens with zero attached hydrogens (tertiary/aromatic N) is 2. The molecule has 2 amide bonds. The summed E-state index contributed by atoms with van der Waals surface area (Å²) in [7, 11) is 0. The van der Waals surface area contributed by atoms with Crippen LogP contribution in [0.1, 0.15) is 19.8 Å². The fourth-order valence-corrected chi connectivity index (χ4v) is 4.61. The third-order valence-corrected chi connectivity index (χ3v) is 6.23. The summed E-state index contributed by atoms with van der Waals surface area (Å²) in [5.74, 6) is -5.08. The summed E-state index contributed by atoms with van der Waals surface area (Å²) in [6.45, 7) is 2.29. The van der Waals surface area contributed by atoms with Crippen LogP contribution < -0.4 is 5.32 Å². The van der Waals surface area contributed by atoms with Crippen molar-refractivity contribution in [3.63, 3.8) is 0 Å². The first-order chi connectivity index (χ1) is 15.3. The van der Waals surface area contributed by atoms with Crippen molar-refractivity contribution in [2.75, 3.05) is 11.9 Å². The van der Waals surface area contributed by atoms with Crippen LogP contribution in [-0.4, -0.2) is 39.4 Å². The lowest BCUT2D eigenvalue weighted by atomic mass is 10.2. The first-order valence-corrected chi connectivity index (χ1v) is 11.4. The Kier molecular flexibility index (Phi) is 8.19. The normalized spacial score (nSPS) is 17.4. The van der Waals surface area contributed by atoms with E-state index in [9.17, 15) is 27.2 Å². The van der Waals surface area contributed by atoms with Crippen molar-refractivity contribution in [1.29, 1.82) is 0 Å². The Bertz CT molecular complexity index is 1020. The molecule has 32 heavy (non-hydrogen) atoms. The molecule has 1 aliphatic heterocycles. The van der Waals surface area contributed by atoms with Gasteiger partial charge in [-0.05, 0) is 42.8 Å². The number of alkyl halides is 2. The molecular weight excluding hydrogens is 466 g/mol. The zero-order chi connectivity index (χ0) is 23.3. The van der Waals surface area contributed by atoms with Gasteiger partial charge in [-0.3, -0.25) is 14.5 Å². The average molecular weight is 486 g/mol. The van der Waals surface area contributed by atoms with Crippen LogP contribution in [-0.2, 0) is 9.59 Å². The quantitative estimate of drug-likeness (QED) is 0.388. The standard InChI is InChI=1S/C21H19F4N3O2S2/c1-2-9-28-19(30)17(11-18(29)27-16-8-3-12(22)10-15(16)23)32-21(28)26-13-4-6-14(7-5-13)31-20(24)25/h3-8,10,17,20H,2,9,11H2,1H3,(H,27,29). The molecule has 2 aromatic carbocycles. The van der Waals surface area contributed by atoms with E-state index in [1.165, 1.54) is 17.0 Å². The molecule has 1 unspecified atom stereocenters. The monoisotopic (exact) mass is 485 g/mol. The fourth-order valence-electron chi connectivity index (χ4n) is 2.93. The van der Waals surface area contributed by atoms with Gasteiger partial charge in [0.05, 0.1) is 11.4 Å². The number of carbonyl (C=O) groups is 2. The van der Waals surface area contributed by atoms with E-state index in [1.54, 1.807) is 12.1 Å². The van der Waals surface area contributed by atoms with Crippen LogP contribution in [0.5, 0.6) is 0 Å². The van der Waals surface area contributed by atoms with Crippen LogP contribution in [0.4, 0.5) is 28.9 Å². The van der Waals surface area contributed by atoms with Gasteiger partial charge in [0.1, 0.15) is 16.9 Å². The molecule has 1 aliphatic rings. The van der Waals surface area contributed by atoms with E-state index in [2.05, 4.69) is 10.3 Å². The minimum Gasteiger partial charge on any atom is -0.324 e. The molecule has 1 saturated heterocycles. The molecule has 1 fully saturated rings. The molecule has 0 radical (unpaired) electrons. The Hall–Kier alpha value is -2.53. The number of thioether (sulfide) groups is 2. The lowest BCUT2D eigenvalue weighted by Crippen LogP contribution is -2.34. The van der Waals surface area contributed by atoms with Crippen LogP contribution in [0.3, 0.4) is 0 Å². The molecular formula is C21H19F4N3O2S2. The molecule has 2 aromatic rings. The van der Waals surface area contributed by atoms with Gasteiger partial charge in [-0.15, -0.1) is 0 Å². The molecule has 11 heteroatoms. The Balaban J connectivity index is 1.71. The van der Waals surface area contributed by atoms with Gasteiger partial charge in [-0.1, -0.05) is 30.4 Å². The Morgan fingerprint density at radius 1 is 1.22 bits per heavy atom. The summed E-state index contributed by atoms with van der Waals surface area (Å²) >= 11 is 1.53. The largest absolute Gasteiger partial charge is 0.324 e. The van der Waals surface area contributed by atoms with E-state index in [0.717, 1.165) is 23.9 Å². The molecule has 0 spiro atoms. The highest BCUT2D eigenvalue weighted by Gasteiger charge is 2.38. The lowest BCUT2D eigenvalue weighted by molar-refractivity contribution is -0.128. The molecule has 0 aromatic heterocycles. The number of halogens is 4. The zero-order valence-electron chi connectivity index (χ0n) is 16.9. The molecule has 1 atom stereocenters. The van der Waals surface area contributed by atoms with E-state index >= 15 is 0 Å². The third-order valence-electron chi connectivity index (χ3n) is 4.33. The first kappa shape index (κ1) is 24.1. The van der Waals surface area contributed by atoms with Crippen molar-refractivity contribution in [1.82, 2.24) is 4.90 Å². The number of carbonyl (C=O) groups excluding carboxylic acids is 2. The molecule has 0 aliphatic carbocycles. The Morgan fingerprint density at radius 3 is 2.56 bits per heavy atom. The SMILES string of the molecule is CCCN1C(=O)C(CC(=O)Nc2ccc(F)cc2F)SC1=Nc1ccc(SC(F)F)cc1. The Labute approximate surface area is 190 Å². The highest BCUT2D eigenvalue weighted by Crippen LogP contribution is 2.33.